The lowest BCUT2D eigenvalue weighted by Gasteiger charge is -2.25. The van der Waals surface area contributed by atoms with Crippen molar-refractivity contribution in [2.75, 3.05) is 45.2 Å². The molecular formula is C17H28N2O. The lowest BCUT2D eigenvalue weighted by Crippen LogP contribution is -2.32. The third-order valence-electron chi connectivity index (χ3n) is 3.97. The first kappa shape index (κ1) is 15.3. The van der Waals surface area contributed by atoms with Crippen LogP contribution in [-0.2, 0) is 4.74 Å². The molecule has 0 aliphatic carbocycles. The number of rotatable bonds is 8. The van der Waals surface area contributed by atoms with Crippen molar-refractivity contribution in [3.8, 4) is 0 Å². The third-order valence-corrected chi connectivity index (χ3v) is 3.97. The Kier molecular flexibility index (Phi) is 5.86. The van der Waals surface area contributed by atoms with Gasteiger partial charge in [-0.15, -0.1) is 0 Å². The van der Waals surface area contributed by atoms with Crippen LogP contribution in [0.5, 0.6) is 0 Å². The van der Waals surface area contributed by atoms with Gasteiger partial charge in [-0.2, -0.15) is 0 Å². The van der Waals surface area contributed by atoms with Crippen LogP contribution in [0.15, 0.2) is 24.3 Å². The number of para-hydroxylation sites is 1. The molecule has 0 fully saturated rings. The second kappa shape index (κ2) is 7.65. The Morgan fingerprint density at radius 2 is 2.10 bits per heavy atom. The molecule has 20 heavy (non-hydrogen) atoms. The van der Waals surface area contributed by atoms with Gasteiger partial charge in [-0.25, -0.2) is 0 Å². The quantitative estimate of drug-likeness (QED) is 0.789. The van der Waals surface area contributed by atoms with E-state index >= 15 is 0 Å². The van der Waals surface area contributed by atoms with Crippen LogP contribution in [-0.4, -0.2) is 44.8 Å². The number of nitrogens with one attached hydrogen (secondary N) is 1. The standard InChI is InChI=1S/C17H28N2O/c1-14(2)13-19(10-11-20-3)9-8-15-12-18-17-7-5-4-6-16(15)17/h4-7,14-15,18H,8-13H2,1-3H3. The molecule has 0 saturated carbocycles. The van der Waals surface area contributed by atoms with Gasteiger partial charge in [-0.05, 0) is 30.5 Å². The molecule has 1 atom stereocenters. The molecule has 0 amide bonds. The van der Waals surface area contributed by atoms with Crippen LogP contribution in [0.3, 0.4) is 0 Å². The Balaban J connectivity index is 1.86. The molecule has 1 unspecified atom stereocenters. The molecule has 0 saturated heterocycles. The molecule has 1 heterocycles. The van der Waals surface area contributed by atoms with Gasteiger partial charge in [0, 0.05) is 38.3 Å². The number of anilines is 1. The zero-order valence-corrected chi connectivity index (χ0v) is 13.1. The van der Waals surface area contributed by atoms with Gasteiger partial charge in [0.25, 0.3) is 0 Å². The minimum atomic E-state index is 0.656. The summed E-state index contributed by atoms with van der Waals surface area (Å²) in [4.78, 5) is 2.54. The van der Waals surface area contributed by atoms with E-state index in [0.29, 0.717) is 11.8 Å². The summed E-state index contributed by atoms with van der Waals surface area (Å²) in [5.41, 5.74) is 2.81. The molecule has 2 rings (SSSR count). The molecule has 3 heteroatoms. The largest absolute Gasteiger partial charge is 0.384 e. The number of hydrogen-bond acceptors (Lipinski definition) is 3. The highest BCUT2D eigenvalue weighted by molar-refractivity contribution is 5.57. The molecule has 3 nitrogen and oxygen atoms in total. The zero-order chi connectivity index (χ0) is 14.4. The molecule has 1 aromatic rings. The number of fused-ring (bicyclic) bond motifs is 1. The van der Waals surface area contributed by atoms with Gasteiger partial charge >= 0.3 is 0 Å². The first-order chi connectivity index (χ1) is 9.70. The fourth-order valence-corrected chi connectivity index (χ4v) is 2.98. The Morgan fingerprint density at radius 3 is 2.85 bits per heavy atom. The molecule has 1 aliphatic rings. The molecule has 1 N–H and O–H groups in total. The summed E-state index contributed by atoms with van der Waals surface area (Å²) in [5, 5.41) is 3.51. The fourth-order valence-electron chi connectivity index (χ4n) is 2.98. The normalized spacial score (nSPS) is 17.6. The molecule has 0 bridgehead atoms. The molecule has 0 aromatic heterocycles. The van der Waals surface area contributed by atoms with E-state index in [1.165, 1.54) is 17.7 Å². The third kappa shape index (κ3) is 4.22. The highest BCUT2D eigenvalue weighted by atomic mass is 16.5. The van der Waals surface area contributed by atoms with Crippen molar-refractivity contribution in [1.29, 1.82) is 0 Å². The molecule has 1 aliphatic heterocycles. The van der Waals surface area contributed by atoms with Gasteiger partial charge in [-0.1, -0.05) is 32.0 Å². The van der Waals surface area contributed by atoms with Crippen LogP contribution in [0.25, 0.3) is 0 Å². The predicted octanol–water partition coefficient (Wildman–Crippen LogP) is 3.19. The van der Waals surface area contributed by atoms with E-state index in [1.54, 1.807) is 7.11 Å². The van der Waals surface area contributed by atoms with Crippen LogP contribution in [0.1, 0.15) is 31.7 Å². The van der Waals surface area contributed by atoms with Crippen molar-refractivity contribution >= 4 is 5.69 Å². The van der Waals surface area contributed by atoms with Gasteiger partial charge in [-0.3, -0.25) is 0 Å². The predicted molar refractivity (Wildman–Crippen MR) is 85.4 cm³/mol. The maximum Gasteiger partial charge on any atom is 0.0589 e. The van der Waals surface area contributed by atoms with Crippen molar-refractivity contribution in [3.63, 3.8) is 0 Å². The van der Waals surface area contributed by atoms with Crippen molar-refractivity contribution in [2.24, 2.45) is 5.92 Å². The van der Waals surface area contributed by atoms with E-state index in [1.807, 2.05) is 0 Å². The van der Waals surface area contributed by atoms with Crippen LogP contribution < -0.4 is 5.32 Å². The topological polar surface area (TPSA) is 24.5 Å². The van der Waals surface area contributed by atoms with Crippen LogP contribution >= 0.6 is 0 Å². The lowest BCUT2D eigenvalue weighted by atomic mass is 9.97. The first-order valence-corrected chi connectivity index (χ1v) is 7.74. The van der Waals surface area contributed by atoms with E-state index in [0.717, 1.165) is 32.8 Å². The molecule has 112 valence electrons. The first-order valence-electron chi connectivity index (χ1n) is 7.74. The van der Waals surface area contributed by atoms with Crippen LogP contribution in [0.2, 0.25) is 0 Å². The van der Waals surface area contributed by atoms with Gasteiger partial charge in [0.2, 0.25) is 0 Å². The fraction of sp³-hybridized carbons (Fsp3) is 0.647. The van der Waals surface area contributed by atoms with Gasteiger partial charge in [0.1, 0.15) is 0 Å². The van der Waals surface area contributed by atoms with Gasteiger partial charge in [0.15, 0.2) is 0 Å². The van der Waals surface area contributed by atoms with E-state index in [9.17, 15) is 0 Å². The number of nitrogens with zero attached hydrogens (tertiary/aromatic N) is 1. The molecule has 1 aromatic carbocycles. The van der Waals surface area contributed by atoms with Crippen molar-refractivity contribution in [3.05, 3.63) is 29.8 Å². The van der Waals surface area contributed by atoms with Gasteiger partial charge in [0.05, 0.1) is 6.61 Å². The monoisotopic (exact) mass is 276 g/mol. The van der Waals surface area contributed by atoms with Crippen molar-refractivity contribution < 1.29 is 4.74 Å². The average Bonchev–Trinajstić information content (AvgIpc) is 2.85. The van der Waals surface area contributed by atoms with E-state index in [2.05, 4.69) is 48.3 Å². The van der Waals surface area contributed by atoms with Crippen molar-refractivity contribution in [1.82, 2.24) is 4.90 Å². The highest BCUT2D eigenvalue weighted by Gasteiger charge is 2.22. The summed E-state index contributed by atoms with van der Waals surface area (Å²) < 4.78 is 5.23. The maximum atomic E-state index is 5.23. The minimum absolute atomic E-state index is 0.656. The van der Waals surface area contributed by atoms with Gasteiger partial charge < -0.3 is 15.0 Å². The summed E-state index contributed by atoms with van der Waals surface area (Å²) in [6.45, 7) is 9.83. The molecular weight excluding hydrogens is 248 g/mol. The van der Waals surface area contributed by atoms with E-state index in [-0.39, 0.29) is 0 Å². The van der Waals surface area contributed by atoms with E-state index in [4.69, 9.17) is 4.74 Å². The number of benzene rings is 1. The Labute approximate surface area is 123 Å². The Morgan fingerprint density at radius 1 is 1.30 bits per heavy atom. The minimum Gasteiger partial charge on any atom is -0.384 e. The Hall–Kier alpha value is -1.06. The maximum absolute atomic E-state index is 5.23. The van der Waals surface area contributed by atoms with E-state index < -0.39 is 0 Å². The number of ether oxygens (including phenoxy) is 1. The average molecular weight is 276 g/mol. The summed E-state index contributed by atoms with van der Waals surface area (Å²) in [6.07, 6.45) is 1.22. The zero-order valence-electron chi connectivity index (χ0n) is 13.1. The second-order valence-corrected chi connectivity index (χ2v) is 6.14. The summed E-state index contributed by atoms with van der Waals surface area (Å²) in [7, 11) is 1.78. The second-order valence-electron chi connectivity index (χ2n) is 6.14. The van der Waals surface area contributed by atoms with Crippen LogP contribution in [0.4, 0.5) is 5.69 Å². The lowest BCUT2D eigenvalue weighted by molar-refractivity contribution is 0.138. The summed E-state index contributed by atoms with van der Waals surface area (Å²) >= 11 is 0. The summed E-state index contributed by atoms with van der Waals surface area (Å²) in [5.74, 6) is 1.37. The molecule has 0 spiro atoms. The van der Waals surface area contributed by atoms with Crippen molar-refractivity contribution in [2.45, 2.75) is 26.2 Å². The number of hydrogen-bond donors (Lipinski definition) is 1. The Bertz CT molecular complexity index is 406. The molecule has 0 radical (unpaired) electrons. The van der Waals surface area contributed by atoms with Crippen LogP contribution in [0, 0.1) is 5.92 Å². The summed E-state index contributed by atoms with van der Waals surface area (Å²) in [6, 6.07) is 8.71. The highest BCUT2D eigenvalue weighted by Crippen LogP contribution is 2.33. The number of methoxy groups -OCH3 is 1. The SMILES string of the molecule is COCCN(CCC1CNc2ccccc21)CC(C)C. The smallest absolute Gasteiger partial charge is 0.0589 e.